The molecule has 7 heterocycles. The molecule has 55 heavy (non-hydrogen) atoms. The largest absolute Gasteiger partial charge is 0.490 e. The predicted molar refractivity (Wildman–Crippen MR) is 205 cm³/mol. The van der Waals surface area contributed by atoms with Gasteiger partial charge in [-0.2, -0.15) is 0 Å². The van der Waals surface area contributed by atoms with Crippen LogP contribution < -0.4 is 22.4 Å². The van der Waals surface area contributed by atoms with E-state index in [9.17, 15) is 34.6 Å². The van der Waals surface area contributed by atoms with E-state index in [1.807, 2.05) is 6.07 Å². The van der Waals surface area contributed by atoms with Crippen LogP contribution in [0.4, 0.5) is 17.1 Å². The third kappa shape index (κ3) is 11.4. The summed E-state index contributed by atoms with van der Waals surface area (Å²) in [5.41, 5.74) is 5.18. The molecule has 0 bridgehead atoms. The summed E-state index contributed by atoms with van der Waals surface area (Å²) in [6, 6.07) is 8.96. The van der Waals surface area contributed by atoms with Gasteiger partial charge in [-0.3, -0.25) is 39.2 Å². The number of nitrogens with zero attached hydrogens (tertiary/aromatic N) is 4. The van der Waals surface area contributed by atoms with Crippen molar-refractivity contribution in [1.29, 1.82) is 0 Å². The molecule has 2 fully saturated rings. The molecule has 3 N–H and O–H groups in total. The summed E-state index contributed by atoms with van der Waals surface area (Å²) < 4.78 is 30.6. The molecule has 19 heteroatoms. The Labute approximate surface area is 316 Å². The molecule has 0 aromatic carbocycles. The first-order valence-electron chi connectivity index (χ1n) is 17.7. The Kier molecular flexibility index (Phi) is 15.0. The van der Waals surface area contributed by atoms with Crippen LogP contribution in [0.3, 0.4) is 0 Å². The summed E-state index contributed by atoms with van der Waals surface area (Å²) in [5.74, 6) is 0. The minimum Gasteiger partial charge on any atom is -0.400 e. The highest BCUT2D eigenvalue weighted by molar-refractivity contribution is 6.54. The van der Waals surface area contributed by atoms with Crippen LogP contribution in [0.1, 0.15) is 59.4 Å². The lowest BCUT2D eigenvalue weighted by Crippen LogP contribution is -2.41. The lowest BCUT2D eigenvalue weighted by Gasteiger charge is -2.32. The van der Waals surface area contributed by atoms with Gasteiger partial charge < -0.3 is 38.8 Å². The summed E-state index contributed by atoms with van der Waals surface area (Å²) in [4.78, 5) is 55.4. The van der Waals surface area contributed by atoms with Crippen LogP contribution in [-0.2, 0) is 23.5 Å². The van der Waals surface area contributed by atoms with E-state index in [0.29, 0.717) is 31.9 Å². The first-order valence-corrected chi connectivity index (χ1v) is 17.7. The number of nitrogens with two attached hydrogens (primary N) is 1. The fourth-order valence-corrected chi connectivity index (χ4v) is 5.67. The summed E-state index contributed by atoms with van der Waals surface area (Å²) >= 11 is 0. The van der Waals surface area contributed by atoms with Crippen LogP contribution >= 0.6 is 0 Å². The maximum absolute atomic E-state index is 11.7. The molecule has 4 aliphatic heterocycles. The van der Waals surface area contributed by atoms with Crippen molar-refractivity contribution in [2.75, 3.05) is 45.4 Å². The second-order valence-corrected chi connectivity index (χ2v) is 13.7. The van der Waals surface area contributed by atoms with Crippen molar-refractivity contribution >= 4 is 29.9 Å². The van der Waals surface area contributed by atoms with Gasteiger partial charge in [0.25, 0.3) is 5.56 Å². The van der Waals surface area contributed by atoms with E-state index in [2.05, 4.69) is 38.8 Å². The van der Waals surface area contributed by atoms with Crippen molar-refractivity contribution in [2.45, 2.75) is 70.6 Å². The van der Waals surface area contributed by atoms with Crippen molar-refractivity contribution in [1.82, 2.24) is 14.1 Å². The van der Waals surface area contributed by atoms with Gasteiger partial charge in [0.05, 0.1) is 53.2 Å². The van der Waals surface area contributed by atoms with Crippen molar-refractivity contribution in [3.05, 3.63) is 124 Å². The van der Waals surface area contributed by atoms with Gasteiger partial charge in [0.15, 0.2) is 0 Å². The number of nitro groups is 2. The smallest absolute Gasteiger partial charge is 0.400 e. The molecule has 0 saturated carbocycles. The predicted octanol–water partition coefficient (Wildman–Crippen LogP) is 4.05. The maximum Gasteiger partial charge on any atom is 0.490 e. The Bertz CT molecular complexity index is 2020. The third-order valence-corrected chi connectivity index (χ3v) is 9.51. The normalized spacial score (nSPS) is 18.8. The minimum atomic E-state index is -0.723. The van der Waals surface area contributed by atoms with Gasteiger partial charge in [-0.25, -0.2) is 0 Å². The molecule has 0 amide bonds. The van der Waals surface area contributed by atoms with Gasteiger partial charge in [0.1, 0.15) is 0 Å². The van der Waals surface area contributed by atoms with Gasteiger partial charge in [0.2, 0.25) is 0 Å². The number of pyridine rings is 3. The number of nitrogen functional groups attached to an aromatic ring is 1. The zero-order valence-electron chi connectivity index (χ0n) is 31.3. The van der Waals surface area contributed by atoms with E-state index < -0.39 is 32.3 Å². The number of rotatable bonds is 5. The molecule has 0 atom stereocenters. The average Bonchev–Trinajstić information content (AvgIpc) is 3.40. The molecule has 3 aromatic rings. The van der Waals surface area contributed by atoms with Crippen molar-refractivity contribution < 1.29 is 33.4 Å². The van der Waals surface area contributed by atoms with Crippen LogP contribution in [0.15, 0.2) is 87.0 Å². The molecule has 4 aliphatic rings. The van der Waals surface area contributed by atoms with Gasteiger partial charge >= 0.3 is 29.6 Å². The first-order chi connectivity index (χ1) is 26.1. The topological polar surface area (TPSA) is 235 Å². The Morgan fingerprint density at radius 3 is 1.93 bits per heavy atom. The van der Waals surface area contributed by atoms with Gasteiger partial charge in [-0.1, -0.05) is 6.08 Å². The molecule has 0 spiro atoms. The molecular formula is C36H47BN6O12. The van der Waals surface area contributed by atoms with Crippen LogP contribution in [0.5, 0.6) is 0 Å². The van der Waals surface area contributed by atoms with E-state index in [1.165, 1.54) is 40.6 Å². The first kappa shape index (κ1) is 42.5. The third-order valence-electron chi connectivity index (χ3n) is 9.51. The number of nitrogens with one attached hydrogen (secondary N) is 1. The standard InChI is InChI=1S/C11H19BO3.C10H10N2O4.C10H14N2O2.C5H4N2O3/c1-10(2)11(3,4)15-12(14-10)9-5-7-13-8-6-9;13-10-9(12(14)15)2-1-5-11(10)8-3-6-16-7-4-8;11-9-2-1-5-12(10(9)13)8-3-6-14-7-4-8;8-5-4(7(9)10)2-1-3-6-5/h5H,6-8H2,1-4H3;1-3,5H,4,6-7H2;1-2,5,8H,3-4,6-7,11H2;1-3H,(H,6,8). The molecule has 0 radical (unpaired) electrons. The second kappa shape index (κ2) is 19.4. The van der Waals surface area contributed by atoms with Gasteiger partial charge in [-0.05, 0) is 82.8 Å². The number of hydrogen-bond donors (Lipinski definition) is 2. The number of ether oxygens (including phenoxy) is 3. The molecule has 7 rings (SSSR count). The highest BCUT2D eigenvalue weighted by Gasteiger charge is 2.52. The Balaban J connectivity index is 0.000000165. The van der Waals surface area contributed by atoms with Gasteiger partial charge in [0, 0.05) is 62.1 Å². The molecule has 0 unspecified atom stereocenters. The SMILES string of the molecule is CC1(C)OB(C2=CCOCC2)OC1(C)C.Nc1cccn(C2CCOCC2)c1=O.O=c1[nH]cccc1[N+](=O)[O-].O=c1c([N+](=O)[O-])cccn1C1=CCOCC1. The highest BCUT2D eigenvalue weighted by Crippen LogP contribution is 2.39. The van der Waals surface area contributed by atoms with Crippen LogP contribution in [-0.4, -0.2) is 81.9 Å². The lowest BCUT2D eigenvalue weighted by atomic mass is 9.75. The number of hydrogen-bond acceptors (Lipinski definition) is 13. The highest BCUT2D eigenvalue weighted by atomic mass is 16.7. The zero-order valence-corrected chi connectivity index (χ0v) is 31.3. The van der Waals surface area contributed by atoms with Crippen LogP contribution in [0, 0.1) is 20.2 Å². The fourth-order valence-electron chi connectivity index (χ4n) is 5.67. The van der Waals surface area contributed by atoms with Crippen LogP contribution in [0.2, 0.25) is 0 Å². The fraction of sp³-hybridized carbons (Fsp3) is 0.472. The van der Waals surface area contributed by atoms with E-state index in [1.54, 1.807) is 22.9 Å². The zero-order chi connectivity index (χ0) is 40.2. The van der Waals surface area contributed by atoms with Crippen molar-refractivity contribution in [2.24, 2.45) is 0 Å². The Morgan fingerprint density at radius 1 is 0.782 bits per heavy atom. The van der Waals surface area contributed by atoms with Crippen LogP contribution in [0.25, 0.3) is 5.70 Å². The maximum atomic E-state index is 11.7. The van der Waals surface area contributed by atoms with E-state index in [0.717, 1.165) is 50.8 Å². The molecule has 296 valence electrons. The van der Waals surface area contributed by atoms with E-state index >= 15 is 0 Å². The Morgan fingerprint density at radius 2 is 1.38 bits per heavy atom. The summed E-state index contributed by atoms with van der Waals surface area (Å²) in [6.45, 7) is 12.2. The minimum absolute atomic E-state index is 0.0839. The summed E-state index contributed by atoms with van der Waals surface area (Å²) in [5, 5.41) is 20.6. The lowest BCUT2D eigenvalue weighted by molar-refractivity contribution is -0.386. The molecule has 2 saturated heterocycles. The molecule has 0 aliphatic carbocycles. The monoisotopic (exact) mass is 766 g/mol. The molecular weight excluding hydrogens is 719 g/mol. The molecule has 18 nitrogen and oxygen atoms in total. The van der Waals surface area contributed by atoms with Crippen molar-refractivity contribution in [3.8, 4) is 0 Å². The average molecular weight is 767 g/mol. The summed E-state index contributed by atoms with van der Waals surface area (Å²) in [7, 11) is -0.182. The Hall–Kier alpha value is -5.21. The number of aromatic nitrogens is 3. The van der Waals surface area contributed by atoms with E-state index in [4.69, 9.17) is 29.3 Å². The molecule has 3 aromatic heterocycles. The van der Waals surface area contributed by atoms with Gasteiger partial charge in [-0.15, -0.1) is 0 Å². The quantitative estimate of drug-likeness (QED) is 0.212. The van der Waals surface area contributed by atoms with Crippen molar-refractivity contribution in [3.63, 3.8) is 0 Å². The summed E-state index contributed by atoms with van der Waals surface area (Å²) in [6.07, 6.45) is 11.8. The number of aromatic amines is 1. The second-order valence-electron chi connectivity index (χ2n) is 13.7. The number of H-pyrrole nitrogens is 1. The number of anilines is 1. The van der Waals surface area contributed by atoms with E-state index in [-0.39, 0.29) is 29.9 Å².